The van der Waals surface area contributed by atoms with Gasteiger partial charge in [-0.2, -0.15) is 0 Å². The van der Waals surface area contributed by atoms with Crippen LogP contribution in [0.5, 0.6) is 5.75 Å². The Kier molecular flexibility index (Phi) is 6.00. The highest BCUT2D eigenvalue weighted by Gasteiger charge is 2.15. The molecule has 0 atom stereocenters. The molecule has 0 aliphatic heterocycles. The normalized spacial score (nSPS) is 10.9. The Morgan fingerprint density at radius 3 is 2.67 bits per heavy atom. The predicted molar refractivity (Wildman–Crippen MR) is 117 cm³/mol. The fourth-order valence-electron chi connectivity index (χ4n) is 3.43. The molecule has 0 saturated carbocycles. The van der Waals surface area contributed by atoms with Gasteiger partial charge in [0.2, 0.25) is 0 Å². The molecule has 1 aromatic heterocycles. The van der Waals surface area contributed by atoms with Crippen LogP contribution in [0.15, 0.2) is 72.8 Å². The first-order chi connectivity index (χ1) is 14.7. The number of rotatable bonds is 7. The Bertz CT molecular complexity index is 1190. The zero-order valence-electron chi connectivity index (χ0n) is 16.5. The molecule has 0 bridgehead atoms. The van der Waals surface area contributed by atoms with Gasteiger partial charge in [0, 0.05) is 11.6 Å². The Hall–Kier alpha value is -3.31. The van der Waals surface area contributed by atoms with Crippen molar-refractivity contribution in [3.63, 3.8) is 0 Å². The number of halogens is 1. The lowest BCUT2D eigenvalue weighted by Crippen LogP contribution is -2.11. The van der Waals surface area contributed by atoms with Crippen LogP contribution < -0.4 is 4.74 Å². The van der Waals surface area contributed by atoms with E-state index in [0.29, 0.717) is 11.3 Å². The molecule has 0 spiro atoms. The van der Waals surface area contributed by atoms with Crippen molar-refractivity contribution >= 4 is 28.6 Å². The summed E-state index contributed by atoms with van der Waals surface area (Å²) in [6.45, 7) is 0.969. The van der Waals surface area contributed by atoms with Gasteiger partial charge >= 0.3 is 5.97 Å². The van der Waals surface area contributed by atoms with Gasteiger partial charge in [-0.25, -0.2) is 9.78 Å². The van der Waals surface area contributed by atoms with Crippen molar-refractivity contribution in [3.8, 4) is 5.75 Å². The van der Waals surface area contributed by atoms with E-state index >= 15 is 0 Å². The molecule has 6 heteroatoms. The number of methoxy groups -OCH3 is 1. The first kappa shape index (κ1) is 20.0. The Morgan fingerprint density at radius 2 is 1.83 bits per heavy atom. The lowest BCUT2D eigenvalue weighted by molar-refractivity contribution is 0.0595. The molecule has 152 valence electrons. The van der Waals surface area contributed by atoms with Gasteiger partial charge in [0.15, 0.2) is 0 Å². The van der Waals surface area contributed by atoms with Crippen LogP contribution in [0.4, 0.5) is 0 Å². The number of ether oxygens (including phenoxy) is 2. The highest BCUT2D eigenvalue weighted by atomic mass is 35.5. The van der Waals surface area contributed by atoms with E-state index in [9.17, 15) is 4.79 Å². The monoisotopic (exact) mass is 420 g/mol. The molecule has 4 rings (SSSR count). The number of aromatic nitrogens is 2. The smallest absolute Gasteiger partial charge is 0.341 e. The summed E-state index contributed by atoms with van der Waals surface area (Å²) in [4.78, 5) is 16.8. The van der Waals surface area contributed by atoms with E-state index in [1.54, 1.807) is 18.2 Å². The topological polar surface area (TPSA) is 53.4 Å². The van der Waals surface area contributed by atoms with Gasteiger partial charge in [-0.3, -0.25) is 0 Å². The number of fused-ring (bicyclic) bond motifs is 1. The van der Waals surface area contributed by atoms with Crippen LogP contribution in [-0.2, 0) is 24.3 Å². The predicted octanol–water partition coefficient (Wildman–Crippen LogP) is 5.30. The molecule has 5 nitrogen and oxygen atoms in total. The molecule has 0 saturated heterocycles. The highest BCUT2D eigenvalue weighted by Crippen LogP contribution is 2.22. The summed E-state index contributed by atoms with van der Waals surface area (Å²) in [6, 6.07) is 22.9. The van der Waals surface area contributed by atoms with Crippen molar-refractivity contribution in [2.45, 2.75) is 19.6 Å². The van der Waals surface area contributed by atoms with Gasteiger partial charge in [0.1, 0.15) is 23.7 Å². The number of hydrogen-bond donors (Lipinski definition) is 0. The molecular formula is C24H21ClN2O3. The Labute approximate surface area is 179 Å². The number of nitrogens with zero attached hydrogens (tertiary/aromatic N) is 2. The summed E-state index contributed by atoms with van der Waals surface area (Å²) >= 11 is 6.12. The van der Waals surface area contributed by atoms with Crippen LogP contribution in [0, 0.1) is 0 Å². The maximum atomic E-state index is 12.0. The Morgan fingerprint density at radius 1 is 1.03 bits per heavy atom. The van der Waals surface area contributed by atoms with Crippen molar-refractivity contribution in [1.82, 2.24) is 9.55 Å². The lowest BCUT2D eigenvalue weighted by atomic mass is 10.1. The third-order valence-electron chi connectivity index (χ3n) is 4.90. The van der Waals surface area contributed by atoms with E-state index in [0.717, 1.165) is 40.4 Å². The van der Waals surface area contributed by atoms with E-state index in [4.69, 9.17) is 26.1 Å². The van der Waals surface area contributed by atoms with Crippen molar-refractivity contribution < 1.29 is 14.3 Å². The summed E-state index contributed by atoms with van der Waals surface area (Å²) in [6.07, 6.45) is 0.812. The van der Waals surface area contributed by atoms with Crippen molar-refractivity contribution in [3.05, 3.63) is 94.8 Å². The minimum atomic E-state index is -0.431. The minimum absolute atomic E-state index is 0.234. The van der Waals surface area contributed by atoms with Crippen LogP contribution in [0.2, 0.25) is 5.02 Å². The first-order valence-electron chi connectivity index (χ1n) is 9.64. The molecular weight excluding hydrogens is 400 g/mol. The summed E-state index contributed by atoms with van der Waals surface area (Å²) in [7, 11) is 1.36. The molecule has 4 aromatic rings. The Balaban J connectivity index is 1.60. The molecule has 0 N–H and O–H groups in total. The molecule has 0 radical (unpaired) electrons. The summed E-state index contributed by atoms with van der Waals surface area (Å²) in [5.74, 6) is 0.829. The van der Waals surface area contributed by atoms with Gasteiger partial charge in [-0.1, -0.05) is 48.0 Å². The molecule has 0 unspecified atom stereocenters. The number of esters is 1. The number of para-hydroxylation sites is 3. The van der Waals surface area contributed by atoms with Gasteiger partial charge in [-0.05, 0) is 48.4 Å². The van der Waals surface area contributed by atoms with E-state index < -0.39 is 5.97 Å². The van der Waals surface area contributed by atoms with E-state index in [1.807, 2.05) is 48.5 Å². The fraction of sp³-hybridized carbons (Fsp3) is 0.167. The second kappa shape index (κ2) is 9.01. The average molecular weight is 421 g/mol. The maximum absolute atomic E-state index is 12.0. The minimum Gasteiger partial charge on any atom is -0.485 e. The SMILES string of the molecule is COC(=O)c1ccccc1OCc1nc2ccccc2n1CCc1cccc(Cl)c1. The zero-order chi connectivity index (χ0) is 20.9. The first-order valence-corrected chi connectivity index (χ1v) is 10.0. The summed E-state index contributed by atoms with van der Waals surface area (Å²) < 4.78 is 13.0. The third-order valence-corrected chi connectivity index (χ3v) is 5.13. The summed E-state index contributed by atoms with van der Waals surface area (Å²) in [5.41, 5.74) is 3.49. The van der Waals surface area contributed by atoms with E-state index in [-0.39, 0.29) is 6.61 Å². The molecule has 0 aliphatic carbocycles. The standard InChI is InChI=1S/C24H21ClN2O3/c1-29-24(28)19-9-2-5-12-22(19)30-16-23-26-20-10-3-4-11-21(20)27(23)14-13-17-7-6-8-18(25)15-17/h2-12,15H,13-14,16H2,1H3. The molecule has 3 aromatic carbocycles. The van der Waals surface area contributed by atoms with Gasteiger partial charge in [0.25, 0.3) is 0 Å². The number of benzene rings is 3. The number of imidazole rings is 1. The van der Waals surface area contributed by atoms with E-state index in [1.165, 1.54) is 7.11 Å². The largest absolute Gasteiger partial charge is 0.485 e. The fourth-order valence-corrected chi connectivity index (χ4v) is 3.64. The average Bonchev–Trinajstić information content (AvgIpc) is 3.13. The zero-order valence-corrected chi connectivity index (χ0v) is 17.3. The molecule has 0 amide bonds. The number of carbonyl (C=O) groups excluding carboxylic acids is 1. The van der Waals surface area contributed by atoms with Gasteiger partial charge < -0.3 is 14.0 Å². The highest BCUT2D eigenvalue weighted by molar-refractivity contribution is 6.30. The van der Waals surface area contributed by atoms with E-state index in [2.05, 4.69) is 10.6 Å². The van der Waals surface area contributed by atoms with Crippen molar-refractivity contribution in [1.29, 1.82) is 0 Å². The van der Waals surface area contributed by atoms with Crippen molar-refractivity contribution in [2.75, 3.05) is 7.11 Å². The molecule has 1 heterocycles. The quantitative estimate of drug-likeness (QED) is 0.381. The van der Waals surface area contributed by atoms with Crippen LogP contribution in [0.25, 0.3) is 11.0 Å². The number of aryl methyl sites for hydroxylation is 2. The molecule has 0 fully saturated rings. The molecule has 30 heavy (non-hydrogen) atoms. The second-order valence-electron chi connectivity index (χ2n) is 6.82. The number of hydrogen-bond acceptors (Lipinski definition) is 4. The molecule has 0 aliphatic rings. The van der Waals surface area contributed by atoms with Crippen LogP contribution >= 0.6 is 11.6 Å². The number of carbonyl (C=O) groups is 1. The van der Waals surface area contributed by atoms with Crippen LogP contribution in [0.3, 0.4) is 0 Å². The third kappa shape index (κ3) is 4.31. The van der Waals surface area contributed by atoms with Gasteiger partial charge in [-0.15, -0.1) is 0 Å². The maximum Gasteiger partial charge on any atom is 0.341 e. The van der Waals surface area contributed by atoms with Crippen LogP contribution in [-0.4, -0.2) is 22.6 Å². The van der Waals surface area contributed by atoms with Crippen molar-refractivity contribution in [2.24, 2.45) is 0 Å². The summed E-state index contributed by atoms with van der Waals surface area (Å²) in [5, 5.41) is 0.728. The van der Waals surface area contributed by atoms with Crippen LogP contribution in [0.1, 0.15) is 21.7 Å². The van der Waals surface area contributed by atoms with Gasteiger partial charge in [0.05, 0.1) is 18.1 Å². The lowest BCUT2D eigenvalue weighted by Gasteiger charge is -2.12. The second-order valence-corrected chi connectivity index (χ2v) is 7.26.